The van der Waals surface area contributed by atoms with Gasteiger partial charge in [0, 0.05) is 43.2 Å². The van der Waals surface area contributed by atoms with Crippen molar-refractivity contribution in [2.24, 2.45) is 11.3 Å². The summed E-state index contributed by atoms with van der Waals surface area (Å²) in [5.74, 6) is 0.114. The topological polar surface area (TPSA) is 91.9 Å². The SMILES string of the molecule is CNC[C@H](CCC(C)(C)C)NC(=O)N1CCC[C@@H](C(OCCNC(=O)OC)c2cccc(Cl)c2)C1. The maximum atomic E-state index is 13.2. The highest BCUT2D eigenvalue weighted by Crippen LogP contribution is 2.34. The predicted octanol–water partition coefficient (Wildman–Crippen LogP) is 4.59. The molecule has 3 amide bonds. The van der Waals surface area contributed by atoms with Gasteiger partial charge in [-0.25, -0.2) is 9.59 Å². The average Bonchev–Trinajstić information content (AvgIpc) is 2.82. The Labute approximate surface area is 215 Å². The number of halogens is 1. The van der Waals surface area contributed by atoms with E-state index in [4.69, 9.17) is 16.3 Å². The zero-order valence-electron chi connectivity index (χ0n) is 21.9. The number of urea groups is 1. The number of methoxy groups -OCH3 is 1. The Kier molecular flexibility index (Phi) is 12.1. The Morgan fingerprint density at radius 1 is 1.29 bits per heavy atom. The number of alkyl carbamates (subject to hydrolysis) is 1. The molecule has 0 aliphatic carbocycles. The number of nitrogens with zero attached hydrogens (tertiary/aromatic N) is 1. The maximum absolute atomic E-state index is 13.2. The van der Waals surface area contributed by atoms with E-state index in [9.17, 15) is 9.59 Å². The number of piperidine rings is 1. The number of carbonyl (C=O) groups excluding carboxylic acids is 2. The van der Waals surface area contributed by atoms with Gasteiger partial charge < -0.3 is 30.3 Å². The summed E-state index contributed by atoms with van der Waals surface area (Å²) in [6.07, 6.45) is 3.07. The molecule has 0 saturated carbocycles. The molecule has 1 saturated heterocycles. The highest BCUT2D eigenvalue weighted by Gasteiger charge is 2.32. The summed E-state index contributed by atoms with van der Waals surface area (Å²) >= 11 is 6.27. The predicted molar refractivity (Wildman–Crippen MR) is 140 cm³/mol. The standard InChI is InChI=1S/C26H43ClN4O4/c1-26(2,3)12-11-22(17-28-4)30-24(32)31-14-7-9-20(18-31)23(19-8-6-10-21(27)16-19)35-15-13-29-25(33)34-5/h6,8,10,16,20,22-23,28H,7,9,11-15,17-18H2,1-5H3,(H,29,33)(H,30,32)/t20-,22+,23?/m1/s1. The van der Waals surface area contributed by atoms with Gasteiger partial charge in [0.15, 0.2) is 0 Å². The number of hydrogen-bond donors (Lipinski definition) is 3. The van der Waals surface area contributed by atoms with Crippen molar-refractivity contribution in [2.75, 3.05) is 46.9 Å². The molecule has 1 heterocycles. The van der Waals surface area contributed by atoms with Crippen LogP contribution in [0.1, 0.15) is 58.1 Å². The molecule has 1 fully saturated rings. The van der Waals surface area contributed by atoms with Crippen molar-refractivity contribution < 1.29 is 19.1 Å². The fraction of sp³-hybridized carbons (Fsp3) is 0.692. The van der Waals surface area contributed by atoms with Crippen molar-refractivity contribution in [2.45, 2.75) is 58.6 Å². The van der Waals surface area contributed by atoms with Crippen LogP contribution in [0.25, 0.3) is 0 Å². The van der Waals surface area contributed by atoms with Crippen LogP contribution >= 0.6 is 11.6 Å². The summed E-state index contributed by atoms with van der Waals surface area (Å²) in [4.78, 5) is 26.5. The minimum Gasteiger partial charge on any atom is -0.453 e. The van der Waals surface area contributed by atoms with Crippen LogP contribution in [0.2, 0.25) is 5.02 Å². The maximum Gasteiger partial charge on any atom is 0.406 e. The van der Waals surface area contributed by atoms with E-state index in [0.29, 0.717) is 24.7 Å². The third-order valence-corrected chi connectivity index (χ3v) is 6.46. The molecule has 0 bridgehead atoms. The lowest BCUT2D eigenvalue weighted by Crippen LogP contribution is -2.51. The molecule has 3 N–H and O–H groups in total. The van der Waals surface area contributed by atoms with Gasteiger partial charge in [-0.1, -0.05) is 44.5 Å². The number of ether oxygens (including phenoxy) is 2. The minimum absolute atomic E-state index is 0.0268. The van der Waals surface area contributed by atoms with Crippen molar-refractivity contribution >= 4 is 23.7 Å². The van der Waals surface area contributed by atoms with Gasteiger partial charge in [-0.05, 0) is 55.8 Å². The van der Waals surface area contributed by atoms with Gasteiger partial charge in [-0.15, -0.1) is 0 Å². The Morgan fingerprint density at radius 3 is 2.71 bits per heavy atom. The molecule has 8 nitrogen and oxygen atoms in total. The highest BCUT2D eigenvalue weighted by molar-refractivity contribution is 6.30. The zero-order valence-corrected chi connectivity index (χ0v) is 22.6. The monoisotopic (exact) mass is 510 g/mol. The van der Waals surface area contributed by atoms with Crippen molar-refractivity contribution in [3.05, 3.63) is 34.9 Å². The number of carbonyl (C=O) groups is 2. The van der Waals surface area contributed by atoms with E-state index >= 15 is 0 Å². The normalized spacial score (nSPS) is 18.0. The first-order valence-electron chi connectivity index (χ1n) is 12.5. The molecule has 1 aromatic carbocycles. The lowest BCUT2D eigenvalue weighted by molar-refractivity contribution is -0.00863. The second-order valence-corrected chi connectivity index (χ2v) is 10.9. The zero-order chi connectivity index (χ0) is 25.8. The van der Waals surface area contributed by atoms with Crippen LogP contribution in [-0.4, -0.2) is 70.0 Å². The van der Waals surface area contributed by atoms with Gasteiger partial charge in [0.25, 0.3) is 0 Å². The van der Waals surface area contributed by atoms with Crippen molar-refractivity contribution in [3.8, 4) is 0 Å². The van der Waals surface area contributed by atoms with Gasteiger partial charge in [0.2, 0.25) is 0 Å². The number of likely N-dealkylation sites (tertiary alicyclic amines) is 1. The first kappa shape index (κ1) is 29.2. The van der Waals surface area contributed by atoms with Gasteiger partial charge in [-0.3, -0.25) is 0 Å². The molecule has 1 unspecified atom stereocenters. The summed E-state index contributed by atoms with van der Waals surface area (Å²) in [5.41, 5.74) is 1.19. The second-order valence-electron chi connectivity index (χ2n) is 10.4. The summed E-state index contributed by atoms with van der Waals surface area (Å²) in [6.45, 7) is 9.37. The summed E-state index contributed by atoms with van der Waals surface area (Å²) in [5, 5.41) is 9.73. The number of nitrogens with one attached hydrogen (secondary N) is 3. The van der Waals surface area contributed by atoms with Crippen LogP contribution in [0.3, 0.4) is 0 Å². The molecule has 35 heavy (non-hydrogen) atoms. The Morgan fingerprint density at radius 2 is 2.06 bits per heavy atom. The van der Waals surface area contributed by atoms with Crippen LogP contribution < -0.4 is 16.0 Å². The number of hydrogen-bond acceptors (Lipinski definition) is 5. The molecule has 3 atom stereocenters. The van der Waals surface area contributed by atoms with Gasteiger partial charge in [-0.2, -0.15) is 0 Å². The van der Waals surface area contributed by atoms with E-state index in [1.54, 1.807) is 0 Å². The first-order chi connectivity index (χ1) is 16.6. The number of likely N-dealkylation sites (N-methyl/N-ethyl adjacent to an activating group) is 1. The molecule has 1 aliphatic rings. The Bertz CT molecular complexity index is 802. The summed E-state index contributed by atoms with van der Waals surface area (Å²) in [6, 6.07) is 7.71. The van der Waals surface area contributed by atoms with Crippen LogP contribution in [-0.2, 0) is 9.47 Å². The molecule has 1 aromatic rings. The molecule has 9 heteroatoms. The molecular weight excluding hydrogens is 468 g/mol. The van der Waals surface area contributed by atoms with Crippen LogP contribution in [0.5, 0.6) is 0 Å². The number of benzene rings is 1. The number of rotatable bonds is 11. The lowest BCUT2D eigenvalue weighted by atomic mass is 9.88. The van der Waals surface area contributed by atoms with E-state index in [0.717, 1.165) is 44.3 Å². The van der Waals surface area contributed by atoms with E-state index in [2.05, 4.69) is 41.5 Å². The van der Waals surface area contributed by atoms with E-state index < -0.39 is 6.09 Å². The minimum atomic E-state index is -0.490. The second kappa shape index (κ2) is 14.5. The van der Waals surface area contributed by atoms with Crippen LogP contribution in [0, 0.1) is 11.3 Å². The Hall–Kier alpha value is -2.03. The van der Waals surface area contributed by atoms with E-state index in [1.807, 2.05) is 36.2 Å². The summed E-state index contributed by atoms with van der Waals surface area (Å²) in [7, 11) is 3.24. The van der Waals surface area contributed by atoms with Crippen molar-refractivity contribution in [1.82, 2.24) is 20.9 Å². The van der Waals surface area contributed by atoms with Crippen molar-refractivity contribution in [1.29, 1.82) is 0 Å². The van der Waals surface area contributed by atoms with Crippen LogP contribution in [0.4, 0.5) is 9.59 Å². The largest absolute Gasteiger partial charge is 0.453 e. The third kappa shape index (κ3) is 10.6. The fourth-order valence-corrected chi connectivity index (χ4v) is 4.58. The van der Waals surface area contributed by atoms with E-state index in [-0.39, 0.29) is 29.5 Å². The highest BCUT2D eigenvalue weighted by atomic mass is 35.5. The third-order valence-electron chi connectivity index (χ3n) is 6.23. The smallest absolute Gasteiger partial charge is 0.406 e. The molecule has 1 aliphatic heterocycles. The molecule has 198 valence electrons. The van der Waals surface area contributed by atoms with Gasteiger partial charge in [0.05, 0.1) is 19.8 Å². The fourth-order valence-electron chi connectivity index (χ4n) is 4.39. The molecule has 0 radical (unpaired) electrons. The van der Waals surface area contributed by atoms with Crippen LogP contribution in [0.15, 0.2) is 24.3 Å². The van der Waals surface area contributed by atoms with E-state index in [1.165, 1.54) is 7.11 Å². The first-order valence-corrected chi connectivity index (χ1v) is 12.9. The average molecular weight is 511 g/mol. The van der Waals surface area contributed by atoms with Gasteiger partial charge in [0.1, 0.15) is 0 Å². The molecule has 2 rings (SSSR count). The summed E-state index contributed by atoms with van der Waals surface area (Å²) < 4.78 is 10.9. The molecular formula is C26H43ClN4O4. The number of amides is 3. The Balaban J connectivity index is 2.05. The van der Waals surface area contributed by atoms with Gasteiger partial charge >= 0.3 is 12.1 Å². The van der Waals surface area contributed by atoms with Crippen molar-refractivity contribution in [3.63, 3.8) is 0 Å². The molecule has 0 aromatic heterocycles. The lowest BCUT2D eigenvalue weighted by Gasteiger charge is -2.38. The quantitative estimate of drug-likeness (QED) is 0.379. The molecule has 0 spiro atoms.